The fraction of sp³-hybridized carbons (Fsp3) is 0.692. The van der Waals surface area contributed by atoms with Crippen LogP contribution in [-0.4, -0.2) is 45.8 Å². The number of amides is 2. The molecule has 1 aromatic rings. The van der Waals surface area contributed by atoms with Gasteiger partial charge in [0.15, 0.2) is 0 Å². The average Bonchev–Trinajstić information content (AvgIpc) is 2.94. The summed E-state index contributed by atoms with van der Waals surface area (Å²) in [6, 6.07) is -0.120. The standard InChI is InChI=1S/C13H20N4O2/c1-10(11-14-5-6-16(11)2)15-12(18)17-8-13(9-17)4-3-7-19-13/h5-6,10H,3-4,7-9H2,1-2H3,(H,15,18)/t10-/m0/s1. The third kappa shape index (κ3) is 2.20. The number of rotatable bonds is 2. The van der Waals surface area contributed by atoms with Gasteiger partial charge < -0.3 is 19.5 Å². The molecule has 0 aliphatic carbocycles. The van der Waals surface area contributed by atoms with Gasteiger partial charge in [0.05, 0.1) is 19.1 Å². The number of carbonyl (C=O) groups is 1. The van der Waals surface area contributed by atoms with E-state index in [0.29, 0.717) is 13.1 Å². The van der Waals surface area contributed by atoms with Crippen LogP contribution in [0.25, 0.3) is 0 Å². The summed E-state index contributed by atoms with van der Waals surface area (Å²) in [5.41, 5.74) is -0.0379. The molecule has 2 saturated heterocycles. The number of aryl methyl sites for hydroxylation is 1. The van der Waals surface area contributed by atoms with Crippen molar-refractivity contribution in [2.75, 3.05) is 19.7 Å². The second-order valence-electron chi connectivity index (χ2n) is 5.56. The Morgan fingerprint density at radius 1 is 1.58 bits per heavy atom. The number of nitrogens with zero attached hydrogens (tertiary/aromatic N) is 3. The molecule has 6 heteroatoms. The molecule has 0 unspecified atom stereocenters. The Hall–Kier alpha value is -1.56. The lowest BCUT2D eigenvalue weighted by molar-refractivity contribution is -0.0915. The molecule has 1 aromatic heterocycles. The number of carbonyl (C=O) groups excluding carboxylic acids is 1. The molecule has 19 heavy (non-hydrogen) atoms. The lowest BCUT2D eigenvalue weighted by Crippen LogP contribution is -2.65. The molecule has 0 radical (unpaired) electrons. The number of nitrogens with one attached hydrogen (secondary N) is 1. The van der Waals surface area contributed by atoms with Gasteiger partial charge in [-0.2, -0.15) is 0 Å². The maximum absolute atomic E-state index is 12.1. The van der Waals surface area contributed by atoms with Crippen LogP contribution in [0.15, 0.2) is 12.4 Å². The number of urea groups is 1. The summed E-state index contributed by atoms with van der Waals surface area (Å²) < 4.78 is 7.63. The van der Waals surface area contributed by atoms with Gasteiger partial charge in [0.1, 0.15) is 11.4 Å². The highest BCUT2D eigenvalue weighted by Crippen LogP contribution is 2.34. The Labute approximate surface area is 112 Å². The van der Waals surface area contributed by atoms with Gasteiger partial charge in [-0.25, -0.2) is 9.78 Å². The molecule has 3 heterocycles. The predicted octanol–water partition coefficient (Wildman–Crippen LogP) is 1.06. The van der Waals surface area contributed by atoms with Crippen molar-refractivity contribution in [3.05, 3.63) is 18.2 Å². The minimum absolute atomic E-state index is 0.0309. The van der Waals surface area contributed by atoms with Gasteiger partial charge in [0, 0.05) is 26.0 Å². The van der Waals surface area contributed by atoms with Crippen LogP contribution in [0.2, 0.25) is 0 Å². The normalized spacial score (nSPS) is 22.3. The summed E-state index contributed by atoms with van der Waals surface area (Å²) in [5.74, 6) is 0.862. The molecule has 2 aliphatic rings. The predicted molar refractivity (Wildman–Crippen MR) is 69.6 cm³/mol. The van der Waals surface area contributed by atoms with E-state index in [9.17, 15) is 4.79 Å². The van der Waals surface area contributed by atoms with Crippen LogP contribution in [-0.2, 0) is 11.8 Å². The van der Waals surface area contributed by atoms with Gasteiger partial charge in [-0.1, -0.05) is 0 Å². The maximum atomic E-state index is 12.1. The number of imidazole rings is 1. The van der Waals surface area contributed by atoms with Crippen molar-refractivity contribution >= 4 is 6.03 Å². The van der Waals surface area contributed by atoms with Crippen molar-refractivity contribution in [2.24, 2.45) is 7.05 Å². The molecule has 0 saturated carbocycles. The molecular weight excluding hydrogens is 244 g/mol. The van der Waals surface area contributed by atoms with E-state index < -0.39 is 0 Å². The molecule has 6 nitrogen and oxygen atoms in total. The van der Waals surface area contributed by atoms with E-state index in [4.69, 9.17) is 4.74 Å². The molecule has 1 N–H and O–H groups in total. The van der Waals surface area contributed by atoms with Gasteiger partial charge >= 0.3 is 6.03 Å². The lowest BCUT2D eigenvalue weighted by Gasteiger charge is -2.47. The Kier molecular flexibility index (Phi) is 2.97. The second kappa shape index (κ2) is 4.52. The molecule has 2 amide bonds. The summed E-state index contributed by atoms with van der Waals surface area (Å²) in [6.07, 6.45) is 5.80. The van der Waals surface area contributed by atoms with E-state index in [1.165, 1.54) is 0 Å². The van der Waals surface area contributed by atoms with Crippen LogP contribution in [0.5, 0.6) is 0 Å². The number of aromatic nitrogens is 2. The minimum Gasteiger partial charge on any atom is -0.371 e. The number of ether oxygens (including phenoxy) is 1. The second-order valence-corrected chi connectivity index (χ2v) is 5.56. The van der Waals surface area contributed by atoms with Crippen molar-refractivity contribution in [3.63, 3.8) is 0 Å². The van der Waals surface area contributed by atoms with E-state index in [2.05, 4.69) is 10.3 Å². The summed E-state index contributed by atoms with van der Waals surface area (Å²) in [5, 5.41) is 2.98. The van der Waals surface area contributed by atoms with E-state index in [0.717, 1.165) is 25.3 Å². The highest BCUT2D eigenvalue weighted by atomic mass is 16.5. The molecule has 0 bridgehead atoms. The van der Waals surface area contributed by atoms with Crippen molar-refractivity contribution in [1.82, 2.24) is 19.8 Å². The van der Waals surface area contributed by atoms with E-state index in [-0.39, 0.29) is 17.7 Å². The summed E-state index contributed by atoms with van der Waals surface area (Å²) in [6.45, 7) is 4.21. The monoisotopic (exact) mass is 264 g/mol. The largest absolute Gasteiger partial charge is 0.371 e. The summed E-state index contributed by atoms with van der Waals surface area (Å²) in [7, 11) is 1.93. The highest BCUT2D eigenvalue weighted by Gasteiger charge is 2.48. The van der Waals surface area contributed by atoms with Crippen molar-refractivity contribution < 1.29 is 9.53 Å². The van der Waals surface area contributed by atoms with Gasteiger partial charge in [0.2, 0.25) is 0 Å². The van der Waals surface area contributed by atoms with E-state index >= 15 is 0 Å². The van der Waals surface area contributed by atoms with Crippen LogP contribution in [0.3, 0.4) is 0 Å². The highest BCUT2D eigenvalue weighted by molar-refractivity contribution is 5.76. The molecule has 1 spiro atoms. The zero-order chi connectivity index (χ0) is 13.5. The minimum atomic E-state index is -0.0893. The van der Waals surface area contributed by atoms with Crippen LogP contribution in [0, 0.1) is 0 Å². The topological polar surface area (TPSA) is 59.4 Å². The molecule has 0 aromatic carbocycles. The summed E-state index contributed by atoms with van der Waals surface area (Å²) in [4.78, 5) is 18.2. The third-order valence-corrected chi connectivity index (χ3v) is 4.02. The fourth-order valence-corrected chi connectivity index (χ4v) is 2.93. The Morgan fingerprint density at radius 3 is 2.95 bits per heavy atom. The first kappa shape index (κ1) is 12.5. The molecule has 3 rings (SSSR count). The Morgan fingerprint density at radius 2 is 2.37 bits per heavy atom. The number of likely N-dealkylation sites (tertiary alicyclic amines) is 1. The van der Waals surface area contributed by atoms with Crippen LogP contribution in [0.1, 0.15) is 31.6 Å². The fourth-order valence-electron chi connectivity index (χ4n) is 2.93. The van der Waals surface area contributed by atoms with Crippen LogP contribution < -0.4 is 5.32 Å². The van der Waals surface area contributed by atoms with E-state index in [1.807, 2.05) is 29.6 Å². The molecule has 2 fully saturated rings. The van der Waals surface area contributed by atoms with Crippen molar-refractivity contribution in [1.29, 1.82) is 0 Å². The van der Waals surface area contributed by atoms with Gasteiger partial charge in [-0.3, -0.25) is 0 Å². The lowest BCUT2D eigenvalue weighted by atomic mass is 9.91. The van der Waals surface area contributed by atoms with Crippen molar-refractivity contribution in [2.45, 2.75) is 31.4 Å². The molecule has 1 atom stereocenters. The Balaban J connectivity index is 1.54. The van der Waals surface area contributed by atoms with Gasteiger partial charge in [0.25, 0.3) is 0 Å². The zero-order valence-corrected chi connectivity index (χ0v) is 11.4. The van der Waals surface area contributed by atoms with Gasteiger partial charge in [-0.15, -0.1) is 0 Å². The maximum Gasteiger partial charge on any atom is 0.318 e. The van der Waals surface area contributed by atoms with Crippen molar-refractivity contribution in [3.8, 4) is 0 Å². The van der Waals surface area contributed by atoms with Crippen LogP contribution in [0.4, 0.5) is 4.79 Å². The molecule has 104 valence electrons. The first-order valence-electron chi connectivity index (χ1n) is 6.76. The number of hydrogen-bond donors (Lipinski definition) is 1. The first-order chi connectivity index (χ1) is 9.10. The third-order valence-electron chi connectivity index (χ3n) is 4.02. The summed E-state index contributed by atoms with van der Waals surface area (Å²) >= 11 is 0. The average molecular weight is 264 g/mol. The number of hydrogen-bond acceptors (Lipinski definition) is 3. The zero-order valence-electron chi connectivity index (χ0n) is 11.4. The van der Waals surface area contributed by atoms with E-state index in [1.54, 1.807) is 6.20 Å². The SMILES string of the molecule is C[C@H](NC(=O)N1CC2(CCCO2)C1)c1nccn1C. The Bertz CT molecular complexity index is 471. The molecule has 2 aliphatic heterocycles. The smallest absolute Gasteiger partial charge is 0.318 e. The van der Waals surface area contributed by atoms with Crippen LogP contribution >= 0.6 is 0 Å². The quantitative estimate of drug-likeness (QED) is 0.868. The molecular formula is C13H20N4O2. The first-order valence-corrected chi connectivity index (χ1v) is 6.76. The van der Waals surface area contributed by atoms with Gasteiger partial charge in [-0.05, 0) is 19.8 Å².